The summed E-state index contributed by atoms with van der Waals surface area (Å²) in [5.74, 6) is -0.764. The van der Waals surface area contributed by atoms with Crippen LogP contribution in [0.2, 0.25) is 0 Å². The van der Waals surface area contributed by atoms with Gasteiger partial charge in [0.25, 0.3) is 0 Å². The number of fused-ring (bicyclic) bond motifs is 1. The van der Waals surface area contributed by atoms with Crippen LogP contribution in [0.25, 0.3) is 22.2 Å². The van der Waals surface area contributed by atoms with Gasteiger partial charge in [0.2, 0.25) is 0 Å². The van der Waals surface area contributed by atoms with Crippen LogP contribution in [-0.4, -0.2) is 40.3 Å². The molecule has 0 aliphatic carbocycles. The zero-order valence-electron chi connectivity index (χ0n) is 16.0. The number of carboxylic acid groups (broad SMARTS) is 1. The number of anilines is 1. The smallest absolute Gasteiger partial charge is 0.389 e. The fraction of sp³-hybridized carbons (Fsp3) is 0.381. The second-order valence-corrected chi connectivity index (χ2v) is 7.42. The Bertz CT molecular complexity index is 1060. The lowest BCUT2D eigenvalue weighted by Gasteiger charge is -2.32. The summed E-state index contributed by atoms with van der Waals surface area (Å²) in [4.78, 5) is 22.1. The van der Waals surface area contributed by atoms with Crippen molar-refractivity contribution in [1.82, 2.24) is 9.97 Å². The highest BCUT2D eigenvalue weighted by Crippen LogP contribution is 2.33. The van der Waals surface area contributed by atoms with E-state index in [1.54, 1.807) is 6.26 Å². The number of piperidine rings is 1. The molecule has 1 aliphatic heterocycles. The molecule has 3 heterocycles. The Labute approximate surface area is 170 Å². The van der Waals surface area contributed by atoms with Gasteiger partial charge in [-0.05, 0) is 43.5 Å². The largest absolute Gasteiger partial charge is 0.481 e. The topological polar surface area (TPSA) is 79.5 Å². The van der Waals surface area contributed by atoms with Crippen molar-refractivity contribution in [2.45, 2.75) is 31.9 Å². The van der Waals surface area contributed by atoms with E-state index in [0.717, 1.165) is 16.5 Å². The number of alkyl halides is 3. The highest BCUT2D eigenvalue weighted by molar-refractivity contribution is 5.85. The Morgan fingerprint density at radius 3 is 2.70 bits per heavy atom. The van der Waals surface area contributed by atoms with Crippen molar-refractivity contribution in [1.29, 1.82) is 0 Å². The fourth-order valence-corrected chi connectivity index (χ4v) is 3.68. The van der Waals surface area contributed by atoms with Gasteiger partial charge in [-0.1, -0.05) is 0 Å². The maximum absolute atomic E-state index is 12.7. The molecule has 0 atom stereocenters. The van der Waals surface area contributed by atoms with Gasteiger partial charge < -0.3 is 14.4 Å². The summed E-state index contributed by atoms with van der Waals surface area (Å²) < 4.78 is 43.3. The molecule has 0 bridgehead atoms. The van der Waals surface area contributed by atoms with Crippen LogP contribution in [0.1, 0.15) is 25.0 Å². The monoisotopic (exact) mass is 419 g/mol. The molecule has 0 saturated carbocycles. The van der Waals surface area contributed by atoms with E-state index >= 15 is 0 Å². The number of furan rings is 1. The van der Waals surface area contributed by atoms with Crippen LogP contribution >= 0.6 is 0 Å². The molecule has 6 nitrogen and oxygen atoms in total. The number of hydrogen-bond donors (Lipinski definition) is 1. The lowest BCUT2D eigenvalue weighted by atomic mass is 9.96. The lowest BCUT2D eigenvalue weighted by Crippen LogP contribution is -2.37. The predicted octanol–water partition coefficient (Wildman–Crippen LogP) is 4.69. The molecule has 158 valence electrons. The average Bonchev–Trinajstić information content (AvgIpc) is 3.19. The standard InChI is InChI=1S/C21H20F3N3O3/c22-21(23,24)7-3-16-12-25-18(15-1-2-17-14(11-15)6-10-30-17)19(26-16)27-8-4-13(5-9-27)20(28)29/h1-2,6,10-13H,3-5,7-9H2,(H,28,29). The van der Waals surface area contributed by atoms with Gasteiger partial charge in [-0.15, -0.1) is 0 Å². The molecule has 1 aliphatic rings. The summed E-state index contributed by atoms with van der Waals surface area (Å²) in [5, 5.41) is 10.1. The van der Waals surface area contributed by atoms with Gasteiger partial charge in [0.05, 0.1) is 17.9 Å². The second-order valence-electron chi connectivity index (χ2n) is 7.42. The minimum atomic E-state index is -4.27. The Morgan fingerprint density at radius 1 is 1.23 bits per heavy atom. The summed E-state index contributed by atoms with van der Waals surface area (Å²) >= 11 is 0. The molecule has 0 spiro atoms. The summed E-state index contributed by atoms with van der Waals surface area (Å²) in [7, 11) is 0. The van der Waals surface area contributed by atoms with Crippen molar-refractivity contribution in [3.63, 3.8) is 0 Å². The van der Waals surface area contributed by atoms with E-state index in [0.29, 0.717) is 37.4 Å². The fourth-order valence-electron chi connectivity index (χ4n) is 3.68. The van der Waals surface area contributed by atoms with Gasteiger partial charge in [0, 0.05) is 36.7 Å². The predicted molar refractivity (Wildman–Crippen MR) is 104 cm³/mol. The van der Waals surface area contributed by atoms with Crippen LogP contribution in [0.4, 0.5) is 19.0 Å². The van der Waals surface area contributed by atoms with Gasteiger partial charge in [-0.25, -0.2) is 4.98 Å². The number of halogens is 3. The number of aromatic nitrogens is 2. The molecule has 1 aromatic carbocycles. The number of carboxylic acids is 1. The third-order valence-corrected chi connectivity index (χ3v) is 5.34. The zero-order valence-corrected chi connectivity index (χ0v) is 16.0. The molecule has 3 aromatic rings. The highest BCUT2D eigenvalue weighted by atomic mass is 19.4. The van der Waals surface area contributed by atoms with Crippen molar-refractivity contribution in [2.75, 3.05) is 18.0 Å². The molecular formula is C21H20F3N3O3. The third kappa shape index (κ3) is 4.39. The van der Waals surface area contributed by atoms with Gasteiger partial charge in [0.15, 0.2) is 5.82 Å². The zero-order chi connectivity index (χ0) is 21.3. The van der Waals surface area contributed by atoms with Crippen molar-refractivity contribution in [2.24, 2.45) is 5.92 Å². The maximum atomic E-state index is 12.7. The maximum Gasteiger partial charge on any atom is 0.389 e. The third-order valence-electron chi connectivity index (χ3n) is 5.34. The summed E-state index contributed by atoms with van der Waals surface area (Å²) in [6.45, 7) is 0.907. The molecule has 4 rings (SSSR count). The second kappa shape index (κ2) is 7.97. The van der Waals surface area contributed by atoms with E-state index in [1.165, 1.54) is 6.20 Å². The first-order valence-corrected chi connectivity index (χ1v) is 9.68. The molecule has 1 saturated heterocycles. The van der Waals surface area contributed by atoms with Gasteiger partial charge in [0.1, 0.15) is 11.3 Å². The SMILES string of the molecule is O=C(O)C1CCN(c2nc(CCC(F)(F)F)cnc2-c2ccc3occc3c2)CC1. The molecule has 0 radical (unpaired) electrons. The van der Waals surface area contributed by atoms with E-state index in [4.69, 9.17) is 4.42 Å². The summed E-state index contributed by atoms with van der Waals surface area (Å²) in [6, 6.07) is 7.36. The number of benzene rings is 1. The average molecular weight is 419 g/mol. The molecule has 1 fully saturated rings. The minimum Gasteiger partial charge on any atom is -0.481 e. The summed E-state index contributed by atoms with van der Waals surface area (Å²) in [6.07, 6.45) is -1.63. The first-order valence-electron chi connectivity index (χ1n) is 9.68. The Kier molecular flexibility index (Phi) is 5.36. The van der Waals surface area contributed by atoms with Gasteiger partial charge in [-0.3, -0.25) is 9.78 Å². The van der Waals surface area contributed by atoms with E-state index in [-0.39, 0.29) is 12.1 Å². The van der Waals surface area contributed by atoms with Crippen molar-refractivity contribution in [3.05, 3.63) is 42.4 Å². The van der Waals surface area contributed by atoms with E-state index in [2.05, 4.69) is 9.97 Å². The summed E-state index contributed by atoms with van der Waals surface area (Å²) in [5.41, 5.74) is 2.31. The van der Waals surface area contributed by atoms with Crippen LogP contribution in [-0.2, 0) is 11.2 Å². The van der Waals surface area contributed by atoms with Crippen LogP contribution in [0.15, 0.2) is 41.1 Å². The van der Waals surface area contributed by atoms with Crippen molar-refractivity contribution >= 4 is 22.8 Å². The molecular weight excluding hydrogens is 399 g/mol. The molecule has 0 amide bonds. The number of nitrogens with zero attached hydrogens (tertiary/aromatic N) is 3. The first kappa shape index (κ1) is 20.2. The van der Waals surface area contributed by atoms with Crippen LogP contribution < -0.4 is 4.90 Å². The number of aliphatic carboxylic acids is 1. The lowest BCUT2D eigenvalue weighted by molar-refractivity contribution is -0.142. The molecule has 30 heavy (non-hydrogen) atoms. The quantitative estimate of drug-likeness (QED) is 0.647. The normalized spacial score (nSPS) is 15.6. The van der Waals surface area contributed by atoms with Gasteiger partial charge >= 0.3 is 12.1 Å². The Morgan fingerprint density at radius 2 is 2.00 bits per heavy atom. The van der Waals surface area contributed by atoms with Crippen LogP contribution in [0.3, 0.4) is 0 Å². The number of aryl methyl sites for hydroxylation is 1. The molecule has 1 N–H and O–H groups in total. The Hall–Kier alpha value is -3.10. The molecule has 2 aromatic heterocycles. The van der Waals surface area contributed by atoms with Crippen LogP contribution in [0.5, 0.6) is 0 Å². The van der Waals surface area contributed by atoms with Crippen molar-refractivity contribution < 1.29 is 27.5 Å². The molecule has 0 unspecified atom stereocenters. The van der Waals surface area contributed by atoms with E-state index < -0.39 is 24.5 Å². The number of rotatable bonds is 5. The number of hydrogen-bond acceptors (Lipinski definition) is 5. The Balaban J connectivity index is 1.68. The van der Waals surface area contributed by atoms with Gasteiger partial charge in [-0.2, -0.15) is 13.2 Å². The molecule has 9 heteroatoms. The van der Waals surface area contributed by atoms with E-state index in [1.807, 2.05) is 29.2 Å². The highest BCUT2D eigenvalue weighted by Gasteiger charge is 2.29. The van der Waals surface area contributed by atoms with Crippen LogP contribution in [0, 0.1) is 5.92 Å². The van der Waals surface area contributed by atoms with E-state index in [9.17, 15) is 23.1 Å². The first-order chi connectivity index (χ1) is 14.3. The van der Waals surface area contributed by atoms with Crippen molar-refractivity contribution in [3.8, 4) is 11.3 Å². The number of carbonyl (C=O) groups is 1. The minimum absolute atomic E-state index is 0.254.